The van der Waals surface area contributed by atoms with E-state index in [0.29, 0.717) is 25.7 Å². The maximum atomic E-state index is 13.1. The number of allylic oxidation sites excluding steroid dienone is 22. The monoisotopic (exact) mass is 1530 g/mol. The summed E-state index contributed by atoms with van der Waals surface area (Å²) in [4.78, 5) is 73.2. The van der Waals surface area contributed by atoms with Crippen molar-refractivity contribution in [2.45, 2.75) is 354 Å². The van der Waals surface area contributed by atoms with Crippen LogP contribution in [0, 0.1) is 0 Å². The number of aliphatic hydroxyl groups excluding tert-OH is 1. The molecule has 0 bridgehead atoms. The first kappa shape index (κ1) is 101. The Morgan fingerprint density at radius 2 is 0.491 bits per heavy atom. The van der Waals surface area contributed by atoms with E-state index in [0.717, 1.165) is 193 Å². The molecule has 608 valence electrons. The molecule has 0 aromatic rings. The summed E-state index contributed by atoms with van der Waals surface area (Å²) in [5, 5.41) is 10.7. The van der Waals surface area contributed by atoms with Crippen molar-refractivity contribution in [2.75, 3.05) is 39.6 Å². The van der Waals surface area contributed by atoms with Crippen LogP contribution in [0.25, 0.3) is 0 Å². The number of phosphoric ester groups is 2. The Morgan fingerprint density at radius 1 is 0.274 bits per heavy atom. The molecule has 0 radical (unpaired) electrons. The first-order valence-electron chi connectivity index (χ1n) is 41.4. The summed E-state index contributed by atoms with van der Waals surface area (Å²) >= 11 is 0. The highest BCUT2D eigenvalue weighted by Crippen LogP contribution is 2.45. The van der Waals surface area contributed by atoms with Crippen molar-refractivity contribution in [1.29, 1.82) is 0 Å². The predicted molar refractivity (Wildman–Crippen MR) is 436 cm³/mol. The summed E-state index contributed by atoms with van der Waals surface area (Å²) in [6.45, 7) is 4.51. The molecule has 0 aliphatic heterocycles. The SMILES string of the molecule is CC/C=C\C/C=C\C/C=C\C/C=C\CCCCCCCCC(=O)OCC(COP(=O)(O)OCC(O)COP(=O)(O)OCC(COC(=O)CCCCCC/C=C\C/C=C\C/C=C\C/C=C\CC)OC(=O)CCCCCCCCCCCCCCCCC)OC(=O)CCCCCCC/C=C\C/C=C\C/C=C\CC. The average Bonchev–Trinajstić information content (AvgIpc) is 0.909. The summed E-state index contributed by atoms with van der Waals surface area (Å²) in [7, 11) is -9.98. The highest BCUT2D eigenvalue weighted by Gasteiger charge is 2.30. The lowest BCUT2D eigenvalue weighted by molar-refractivity contribution is -0.161. The van der Waals surface area contributed by atoms with Crippen molar-refractivity contribution >= 4 is 39.5 Å². The summed E-state index contributed by atoms with van der Waals surface area (Å²) < 4.78 is 68.7. The highest BCUT2D eigenvalue weighted by molar-refractivity contribution is 7.47. The van der Waals surface area contributed by atoms with E-state index in [9.17, 15) is 43.2 Å². The second-order valence-corrected chi connectivity index (χ2v) is 30.2. The maximum absolute atomic E-state index is 13.1. The third-order valence-electron chi connectivity index (χ3n) is 17.1. The molecule has 0 saturated heterocycles. The lowest BCUT2D eigenvalue weighted by Crippen LogP contribution is -2.30. The van der Waals surface area contributed by atoms with Gasteiger partial charge in [0.1, 0.15) is 19.3 Å². The average molecular weight is 1530 g/mol. The topological polar surface area (TPSA) is 237 Å². The lowest BCUT2D eigenvalue weighted by Gasteiger charge is -2.21. The number of carbonyl (C=O) groups excluding carboxylic acids is 4. The summed E-state index contributed by atoms with van der Waals surface area (Å²) in [5.41, 5.74) is 0. The van der Waals surface area contributed by atoms with Crippen LogP contribution in [0.1, 0.15) is 336 Å². The van der Waals surface area contributed by atoms with Gasteiger partial charge in [0.2, 0.25) is 0 Å². The fraction of sp³-hybridized carbons (Fsp3) is 0.701. The van der Waals surface area contributed by atoms with Gasteiger partial charge in [-0.3, -0.25) is 37.3 Å². The normalized spacial score (nSPS) is 14.5. The van der Waals surface area contributed by atoms with E-state index in [1.54, 1.807) is 0 Å². The van der Waals surface area contributed by atoms with Crippen molar-refractivity contribution in [1.82, 2.24) is 0 Å². The number of phosphoric acid groups is 2. The van der Waals surface area contributed by atoms with Gasteiger partial charge in [-0.2, -0.15) is 0 Å². The second kappa shape index (κ2) is 78.3. The first-order chi connectivity index (χ1) is 51.7. The molecule has 0 aliphatic rings. The smallest absolute Gasteiger partial charge is 0.462 e. The van der Waals surface area contributed by atoms with E-state index in [1.807, 2.05) is 0 Å². The van der Waals surface area contributed by atoms with Crippen LogP contribution < -0.4 is 0 Å². The zero-order valence-electron chi connectivity index (χ0n) is 66.6. The molecule has 19 heteroatoms. The van der Waals surface area contributed by atoms with Crippen LogP contribution >= 0.6 is 15.6 Å². The van der Waals surface area contributed by atoms with Crippen LogP contribution in [-0.2, 0) is 65.4 Å². The first-order valence-corrected chi connectivity index (χ1v) is 44.4. The number of esters is 4. The molecule has 3 N–H and O–H groups in total. The number of unbranched alkanes of at least 4 members (excludes halogenated alkanes) is 29. The van der Waals surface area contributed by atoms with E-state index in [4.69, 9.17) is 37.0 Å². The minimum absolute atomic E-state index is 0.0691. The van der Waals surface area contributed by atoms with Crippen LogP contribution in [-0.4, -0.2) is 96.7 Å². The van der Waals surface area contributed by atoms with Gasteiger partial charge in [-0.25, -0.2) is 9.13 Å². The summed E-state index contributed by atoms with van der Waals surface area (Å²) in [6.07, 6.45) is 88.4. The molecule has 0 rings (SSSR count). The number of aliphatic hydroxyl groups is 1. The minimum atomic E-state index is -4.99. The van der Waals surface area contributed by atoms with Gasteiger partial charge in [-0.1, -0.05) is 309 Å². The molecule has 0 heterocycles. The van der Waals surface area contributed by atoms with E-state index in [1.165, 1.54) is 64.2 Å². The molecule has 0 saturated carbocycles. The van der Waals surface area contributed by atoms with Gasteiger partial charge < -0.3 is 33.8 Å². The van der Waals surface area contributed by atoms with Crippen molar-refractivity contribution in [2.24, 2.45) is 0 Å². The molecule has 0 aromatic carbocycles. The molecular formula is C87H148O17P2. The standard InChI is InChI=1S/C87H148O17P2/c1-5-9-13-17-21-25-29-33-37-39-40-42-46-48-52-56-60-64-68-72-85(90)98-78-83(104-87(92)74-70-66-62-58-54-50-44-36-32-28-24-20-16-12-8-4)80-102-106(95,96)100-76-81(88)75-99-105(93,94)101-79-82(103-86(91)73-69-65-61-57-53-49-43-35-31-27-23-19-15-11-7-3)77-97-84(89)71-67-63-59-55-51-47-45-41-38-34-30-26-22-18-14-10-6-2/h9-10,12-14,16,21-22,24-26,28,33-34,36-38,40,42,44-45,47,81-83,88H,5-8,11,15,17-20,23,27,29-32,35,39,41,43,46,48-80H2,1-4H3,(H,93,94)(H,95,96)/b13-9-,14-10-,16-12-,25-21-,26-22-,28-24-,37-33-,38-34-,42-40-,44-36-,47-45-. The largest absolute Gasteiger partial charge is 0.472 e. The third kappa shape index (κ3) is 77.4. The molecule has 17 nitrogen and oxygen atoms in total. The molecule has 106 heavy (non-hydrogen) atoms. The Hall–Kier alpha value is -4.80. The quantitative estimate of drug-likeness (QED) is 0.0169. The van der Waals surface area contributed by atoms with Crippen molar-refractivity contribution in [3.8, 4) is 0 Å². The van der Waals surface area contributed by atoms with Crippen LogP contribution in [0.3, 0.4) is 0 Å². The predicted octanol–water partition coefficient (Wildman–Crippen LogP) is 24.4. The van der Waals surface area contributed by atoms with Gasteiger partial charge >= 0.3 is 39.5 Å². The Morgan fingerprint density at radius 3 is 0.755 bits per heavy atom. The van der Waals surface area contributed by atoms with Crippen LogP contribution in [0.4, 0.5) is 0 Å². The van der Waals surface area contributed by atoms with Gasteiger partial charge in [0.25, 0.3) is 0 Å². The van der Waals surface area contributed by atoms with Gasteiger partial charge in [0, 0.05) is 25.7 Å². The molecule has 0 spiro atoms. The molecular weight excluding hydrogens is 1380 g/mol. The Labute approximate surface area is 644 Å². The van der Waals surface area contributed by atoms with Crippen LogP contribution in [0.15, 0.2) is 134 Å². The van der Waals surface area contributed by atoms with E-state index in [-0.39, 0.29) is 25.7 Å². The minimum Gasteiger partial charge on any atom is -0.462 e. The number of rotatable bonds is 77. The zero-order valence-corrected chi connectivity index (χ0v) is 68.4. The molecule has 0 aromatic heterocycles. The second-order valence-electron chi connectivity index (χ2n) is 27.3. The number of ether oxygens (including phenoxy) is 4. The van der Waals surface area contributed by atoms with E-state index < -0.39 is 97.5 Å². The van der Waals surface area contributed by atoms with Crippen LogP contribution in [0.5, 0.6) is 0 Å². The highest BCUT2D eigenvalue weighted by atomic mass is 31.2. The molecule has 5 unspecified atom stereocenters. The van der Waals surface area contributed by atoms with Gasteiger partial charge in [0.15, 0.2) is 12.2 Å². The van der Waals surface area contributed by atoms with Crippen molar-refractivity contribution in [3.63, 3.8) is 0 Å². The van der Waals surface area contributed by atoms with Gasteiger partial charge in [0.05, 0.1) is 26.4 Å². The van der Waals surface area contributed by atoms with E-state index >= 15 is 0 Å². The van der Waals surface area contributed by atoms with Gasteiger partial charge in [-0.15, -0.1) is 0 Å². The Balaban J connectivity index is 5.40. The fourth-order valence-corrected chi connectivity index (χ4v) is 12.5. The number of carbonyl (C=O) groups is 4. The van der Waals surface area contributed by atoms with Crippen molar-refractivity contribution < 1.29 is 80.2 Å². The fourth-order valence-electron chi connectivity index (χ4n) is 10.9. The van der Waals surface area contributed by atoms with Gasteiger partial charge in [-0.05, 0) is 135 Å². The van der Waals surface area contributed by atoms with Crippen LogP contribution in [0.2, 0.25) is 0 Å². The molecule has 0 amide bonds. The maximum Gasteiger partial charge on any atom is 0.472 e. The molecule has 0 fully saturated rings. The molecule has 5 atom stereocenters. The lowest BCUT2D eigenvalue weighted by atomic mass is 10.0. The third-order valence-corrected chi connectivity index (χ3v) is 19.0. The Bertz CT molecular complexity index is 2530. The summed E-state index contributed by atoms with van der Waals surface area (Å²) in [5.74, 6) is -2.22. The number of hydrogen-bond donors (Lipinski definition) is 3. The van der Waals surface area contributed by atoms with E-state index in [2.05, 4.69) is 161 Å². The number of hydrogen-bond acceptors (Lipinski definition) is 15. The van der Waals surface area contributed by atoms with Crippen molar-refractivity contribution in [3.05, 3.63) is 134 Å². The zero-order chi connectivity index (χ0) is 77.4. The summed E-state index contributed by atoms with van der Waals surface area (Å²) in [6, 6.07) is 0. The molecule has 0 aliphatic carbocycles. The Kier molecular flexibility index (Phi) is 74.8.